The van der Waals surface area contributed by atoms with Crippen molar-refractivity contribution in [1.82, 2.24) is 15.2 Å². The van der Waals surface area contributed by atoms with Gasteiger partial charge in [-0.05, 0) is 97.9 Å². The van der Waals surface area contributed by atoms with Gasteiger partial charge in [0.25, 0.3) is 5.91 Å². The van der Waals surface area contributed by atoms with E-state index in [4.69, 9.17) is 16.3 Å². The second-order valence-corrected chi connectivity index (χ2v) is 15.7. The Labute approximate surface area is 291 Å². The first-order valence-electron chi connectivity index (χ1n) is 17.1. The molecule has 4 saturated carbocycles. The van der Waals surface area contributed by atoms with Gasteiger partial charge in [0.05, 0.1) is 12.6 Å². The van der Waals surface area contributed by atoms with Crippen LogP contribution in [0.4, 0.5) is 0 Å². The monoisotopic (exact) mass is 679 g/mol. The minimum absolute atomic E-state index is 0.0774. The smallest absolute Gasteiger partial charge is 0.355 e. The Balaban J connectivity index is 1.14. The number of para-hydroxylation sites is 1. The van der Waals surface area contributed by atoms with Gasteiger partial charge in [0.2, 0.25) is 5.91 Å². The van der Waals surface area contributed by atoms with Gasteiger partial charge >= 0.3 is 5.97 Å². The minimum atomic E-state index is -0.635. The molecule has 0 unspecified atom stereocenters. The van der Waals surface area contributed by atoms with Gasteiger partial charge in [-0.25, -0.2) is 4.79 Å². The summed E-state index contributed by atoms with van der Waals surface area (Å²) in [7, 11) is 1.30. The summed E-state index contributed by atoms with van der Waals surface area (Å²) in [5.74, 6) is 0.590. The molecule has 2 N–H and O–H groups in total. The van der Waals surface area contributed by atoms with Crippen LogP contribution in [0.3, 0.4) is 0 Å². The highest BCUT2D eigenvalue weighted by atomic mass is 35.5. The molecule has 0 saturated heterocycles. The van der Waals surface area contributed by atoms with Crippen LogP contribution in [-0.4, -0.2) is 41.0 Å². The van der Waals surface area contributed by atoms with Crippen molar-refractivity contribution in [3.63, 3.8) is 0 Å². The van der Waals surface area contributed by atoms with Gasteiger partial charge < -0.3 is 19.9 Å². The minimum Gasteiger partial charge on any atom is -0.464 e. The van der Waals surface area contributed by atoms with Gasteiger partial charge in [0.1, 0.15) is 5.69 Å². The summed E-state index contributed by atoms with van der Waals surface area (Å²) in [6, 6.07) is 21.7. The van der Waals surface area contributed by atoms with Crippen molar-refractivity contribution in [2.45, 2.75) is 70.9 Å². The van der Waals surface area contributed by atoms with E-state index in [0.29, 0.717) is 50.5 Å². The third-order valence-electron chi connectivity index (χ3n) is 10.8. The quantitative estimate of drug-likeness (QED) is 0.208. The molecule has 4 aromatic rings. The number of esters is 1. The molecule has 4 aliphatic carbocycles. The first-order valence-corrected chi connectivity index (χ1v) is 17.5. The predicted molar refractivity (Wildman–Crippen MR) is 190 cm³/mol. The fourth-order valence-electron chi connectivity index (χ4n) is 8.78. The second kappa shape index (κ2) is 12.5. The summed E-state index contributed by atoms with van der Waals surface area (Å²) < 4.78 is 6.94. The number of amides is 2. The van der Waals surface area contributed by atoms with E-state index in [-0.39, 0.29) is 40.9 Å². The molecule has 4 aliphatic rings. The third kappa shape index (κ3) is 6.16. The fourth-order valence-corrected chi connectivity index (χ4v) is 8.95. The Morgan fingerprint density at radius 3 is 2.24 bits per heavy atom. The number of benzene rings is 3. The molecule has 254 valence electrons. The molecule has 1 heterocycles. The van der Waals surface area contributed by atoms with Crippen molar-refractivity contribution in [2.24, 2.45) is 23.2 Å². The van der Waals surface area contributed by atoms with Crippen molar-refractivity contribution in [1.29, 1.82) is 0 Å². The largest absolute Gasteiger partial charge is 0.464 e. The number of pyridine rings is 1. The number of ether oxygens (including phenoxy) is 1. The van der Waals surface area contributed by atoms with Crippen molar-refractivity contribution >= 4 is 40.3 Å². The Bertz CT molecular complexity index is 2000. The average molecular weight is 680 g/mol. The highest BCUT2D eigenvalue weighted by Crippen LogP contribution is 2.56. The van der Waals surface area contributed by atoms with Crippen LogP contribution in [0.25, 0.3) is 16.6 Å². The van der Waals surface area contributed by atoms with E-state index in [1.807, 2.05) is 63.2 Å². The lowest BCUT2D eigenvalue weighted by Gasteiger charge is -2.60. The number of nitrogens with zero attached hydrogens (tertiary/aromatic N) is 1. The normalized spacial score (nSPS) is 24.1. The molecule has 0 radical (unpaired) electrons. The number of hydrogen-bond acceptors (Lipinski definition) is 5. The van der Waals surface area contributed by atoms with Crippen LogP contribution in [0.1, 0.15) is 84.8 Å². The van der Waals surface area contributed by atoms with Crippen molar-refractivity contribution in [2.75, 3.05) is 7.11 Å². The lowest BCUT2D eigenvalue weighted by Crippen LogP contribution is -2.67. The predicted octanol–water partition coefficient (Wildman–Crippen LogP) is 6.86. The first-order chi connectivity index (χ1) is 23.4. The summed E-state index contributed by atoms with van der Waals surface area (Å²) in [6.07, 6.45) is 5.14. The molecule has 1 aromatic heterocycles. The highest BCUT2D eigenvalue weighted by molar-refractivity contribution is 6.31. The number of methoxy groups -OCH3 is 1. The van der Waals surface area contributed by atoms with E-state index in [1.54, 1.807) is 34.9 Å². The molecule has 9 heteroatoms. The van der Waals surface area contributed by atoms with Crippen LogP contribution in [0.15, 0.2) is 77.6 Å². The maximum Gasteiger partial charge on any atom is 0.355 e. The number of halogens is 1. The number of fused-ring (bicyclic) bond motifs is 1. The van der Waals surface area contributed by atoms with Crippen LogP contribution >= 0.6 is 11.6 Å². The highest BCUT2D eigenvalue weighted by Gasteiger charge is 2.56. The number of rotatable bonds is 7. The van der Waals surface area contributed by atoms with E-state index in [2.05, 4.69) is 10.6 Å². The van der Waals surface area contributed by atoms with E-state index in [9.17, 15) is 19.2 Å². The third-order valence-corrected chi connectivity index (χ3v) is 11.1. The second-order valence-electron chi connectivity index (χ2n) is 15.3. The van der Waals surface area contributed by atoms with Gasteiger partial charge in [-0.3, -0.25) is 14.4 Å². The van der Waals surface area contributed by atoms with Gasteiger partial charge in [0.15, 0.2) is 5.43 Å². The molecule has 49 heavy (non-hydrogen) atoms. The molecule has 0 spiro atoms. The SMILES string of the molecule is COC(=O)c1c(Cc2ccc(C(=O)N[C@H]3[C@@H]4C[C@H]5C[C@H]3C[C@](NC(=O)C(C)(C)C)(C5)C4)cc2)c(=O)c2ccc(Cl)cc2n1-c1ccccc1. The zero-order valence-electron chi connectivity index (χ0n) is 28.3. The molecule has 3 aromatic carbocycles. The Hall–Kier alpha value is -4.43. The molecule has 4 fully saturated rings. The van der Waals surface area contributed by atoms with Crippen LogP contribution in [-0.2, 0) is 16.0 Å². The number of carbonyl (C=O) groups excluding carboxylic acids is 3. The molecular formula is C40H42ClN3O5. The van der Waals surface area contributed by atoms with Crippen LogP contribution < -0.4 is 16.1 Å². The van der Waals surface area contributed by atoms with Crippen LogP contribution in [0.5, 0.6) is 0 Å². The number of nitrogens with one attached hydrogen (secondary N) is 2. The maximum absolute atomic E-state index is 14.0. The Morgan fingerprint density at radius 1 is 0.939 bits per heavy atom. The molecule has 4 bridgehead atoms. The van der Waals surface area contributed by atoms with Gasteiger partial charge in [-0.2, -0.15) is 0 Å². The van der Waals surface area contributed by atoms with Crippen molar-refractivity contribution in [3.8, 4) is 5.69 Å². The topological polar surface area (TPSA) is 106 Å². The zero-order chi connectivity index (χ0) is 34.7. The number of carbonyl (C=O) groups is 3. The first kappa shape index (κ1) is 33.1. The summed E-state index contributed by atoms with van der Waals surface area (Å²) in [5, 5.41) is 7.66. The van der Waals surface area contributed by atoms with Gasteiger partial charge in [-0.1, -0.05) is 62.7 Å². The number of hydrogen-bond donors (Lipinski definition) is 2. The van der Waals surface area contributed by atoms with E-state index in [0.717, 1.165) is 37.7 Å². The van der Waals surface area contributed by atoms with Crippen LogP contribution in [0.2, 0.25) is 5.02 Å². The average Bonchev–Trinajstić information content (AvgIpc) is 3.06. The fraction of sp³-hybridized carbons (Fsp3) is 0.400. The van der Waals surface area contributed by atoms with Crippen LogP contribution in [0, 0.1) is 23.2 Å². The lowest BCUT2D eigenvalue weighted by molar-refractivity contribution is -0.135. The summed E-state index contributed by atoms with van der Waals surface area (Å²) in [6.45, 7) is 5.86. The standard InChI is InChI=1S/C40H42ClN3O5/c1-39(2,3)38(48)43-40-20-24-16-26(21-40)33(27(17-24)22-40)42-36(46)25-12-10-23(11-13-25)18-31-34(37(47)49-4)44(29-8-6-5-7-9-29)32-19-28(41)14-15-30(32)35(31)45/h5-15,19,24,26-27,33H,16-18,20-22H2,1-4H3,(H,42,46)(H,43,48)/t24-,26+,27-,33-,40-. The summed E-state index contributed by atoms with van der Waals surface area (Å²) in [5.41, 5.74) is 2.06. The number of aromatic nitrogens is 1. The molecular weight excluding hydrogens is 638 g/mol. The van der Waals surface area contributed by atoms with Gasteiger partial charge in [-0.15, -0.1) is 0 Å². The maximum atomic E-state index is 14.0. The molecule has 0 aliphatic heterocycles. The summed E-state index contributed by atoms with van der Waals surface area (Å²) in [4.78, 5) is 53.9. The van der Waals surface area contributed by atoms with E-state index < -0.39 is 11.4 Å². The molecule has 5 atom stereocenters. The van der Waals surface area contributed by atoms with E-state index in [1.165, 1.54) is 7.11 Å². The van der Waals surface area contributed by atoms with Crippen molar-refractivity contribution in [3.05, 3.63) is 110 Å². The Kier molecular flexibility index (Phi) is 8.42. The molecule has 8 rings (SSSR count). The summed E-state index contributed by atoms with van der Waals surface area (Å²) >= 11 is 6.36. The zero-order valence-corrected chi connectivity index (χ0v) is 29.1. The molecule has 8 nitrogen and oxygen atoms in total. The van der Waals surface area contributed by atoms with Crippen molar-refractivity contribution < 1.29 is 19.1 Å². The molecule has 2 amide bonds. The Morgan fingerprint density at radius 2 is 1.61 bits per heavy atom. The van der Waals surface area contributed by atoms with Gasteiger partial charge in [0, 0.05) is 50.6 Å². The lowest BCUT2D eigenvalue weighted by atomic mass is 9.51. The van der Waals surface area contributed by atoms with E-state index >= 15 is 0 Å².